The topological polar surface area (TPSA) is 66.0 Å². The van der Waals surface area contributed by atoms with Gasteiger partial charge in [0.05, 0.1) is 11.3 Å². The number of alkyl halides is 3. The number of aromatic carboxylic acids is 1. The van der Waals surface area contributed by atoms with Crippen LogP contribution in [0.3, 0.4) is 0 Å². The van der Waals surface area contributed by atoms with Gasteiger partial charge in [0.1, 0.15) is 5.69 Å². The zero-order chi connectivity index (χ0) is 14.9. The van der Waals surface area contributed by atoms with Crippen molar-refractivity contribution in [3.05, 3.63) is 41.1 Å². The van der Waals surface area contributed by atoms with E-state index in [1.807, 2.05) is 0 Å². The molecule has 0 radical (unpaired) electrons. The molecule has 1 aromatic carbocycles. The lowest BCUT2D eigenvalue weighted by Crippen LogP contribution is -2.04. The quantitative estimate of drug-likeness (QED) is 0.908. The molecule has 2 aromatic rings. The molecule has 0 spiro atoms. The molecule has 1 heterocycles. The minimum atomic E-state index is -4.40. The Hall–Kier alpha value is -2.31. The minimum absolute atomic E-state index is 0.0394. The average molecular weight is 284 g/mol. The lowest BCUT2D eigenvalue weighted by atomic mass is 10.0. The molecule has 0 unspecified atom stereocenters. The van der Waals surface area contributed by atoms with E-state index in [9.17, 15) is 18.0 Å². The summed E-state index contributed by atoms with van der Waals surface area (Å²) in [6.45, 7) is 1.75. The summed E-state index contributed by atoms with van der Waals surface area (Å²) in [6, 6.07) is 4.46. The van der Waals surface area contributed by atoms with Crippen LogP contribution in [0.25, 0.3) is 11.3 Å². The highest BCUT2D eigenvalue weighted by Gasteiger charge is 2.30. The van der Waals surface area contributed by atoms with Crippen molar-refractivity contribution in [2.45, 2.75) is 19.5 Å². The van der Waals surface area contributed by atoms with Gasteiger partial charge in [-0.1, -0.05) is 19.1 Å². The molecule has 7 heteroatoms. The fraction of sp³-hybridized carbons (Fsp3) is 0.231. The highest BCUT2D eigenvalue weighted by atomic mass is 19.4. The lowest BCUT2D eigenvalue weighted by molar-refractivity contribution is -0.137. The second-order valence-corrected chi connectivity index (χ2v) is 4.16. The Morgan fingerprint density at radius 2 is 1.90 bits per heavy atom. The molecule has 2 N–H and O–H groups in total. The van der Waals surface area contributed by atoms with Crippen molar-refractivity contribution in [1.82, 2.24) is 10.2 Å². The van der Waals surface area contributed by atoms with Gasteiger partial charge in [-0.15, -0.1) is 0 Å². The van der Waals surface area contributed by atoms with Crippen molar-refractivity contribution in [3.63, 3.8) is 0 Å². The van der Waals surface area contributed by atoms with Gasteiger partial charge in [-0.2, -0.15) is 18.3 Å². The fourth-order valence-electron chi connectivity index (χ4n) is 1.94. The summed E-state index contributed by atoms with van der Waals surface area (Å²) in [5.74, 6) is -1.15. The summed E-state index contributed by atoms with van der Waals surface area (Å²) >= 11 is 0. The van der Waals surface area contributed by atoms with E-state index in [0.29, 0.717) is 23.2 Å². The van der Waals surface area contributed by atoms with Gasteiger partial charge >= 0.3 is 12.1 Å². The number of nitrogens with one attached hydrogen (secondary N) is 1. The first kappa shape index (κ1) is 14.1. The first-order valence-corrected chi connectivity index (χ1v) is 5.82. The number of hydrogen-bond acceptors (Lipinski definition) is 2. The third-order valence-electron chi connectivity index (χ3n) is 2.92. The van der Waals surface area contributed by atoms with Crippen LogP contribution >= 0.6 is 0 Å². The zero-order valence-electron chi connectivity index (χ0n) is 10.5. The van der Waals surface area contributed by atoms with Crippen molar-refractivity contribution in [2.75, 3.05) is 0 Å². The number of carbonyl (C=O) groups is 1. The zero-order valence-corrected chi connectivity index (χ0v) is 10.5. The Bertz CT molecular complexity index is 630. The second-order valence-electron chi connectivity index (χ2n) is 4.16. The molecule has 0 atom stereocenters. The van der Waals surface area contributed by atoms with Crippen LogP contribution < -0.4 is 0 Å². The first-order valence-electron chi connectivity index (χ1n) is 5.82. The fourth-order valence-corrected chi connectivity index (χ4v) is 1.94. The van der Waals surface area contributed by atoms with E-state index in [-0.39, 0.29) is 5.69 Å². The van der Waals surface area contributed by atoms with Gasteiger partial charge in [0.15, 0.2) is 0 Å². The molecule has 0 bridgehead atoms. The number of aromatic amines is 1. The third kappa shape index (κ3) is 2.52. The molecule has 106 valence electrons. The molecule has 20 heavy (non-hydrogen) atoms. The monoisotopic (exact) mass is 284 g/mol. The standard InChI is InChI=1S/C13H11F3N2O2/c1-2-9-10(17-18-11(9)12(19)20)7-3-5-8(6-4-7)13(14,15)16/h3-6H,2H2,1H3,(H,17,18)(H,19,20). The van der Waals surface area contributed by atoms with Gasteiger partial charge in [-0.05, 0) is 18.6 Å². The van der Waals surface area contributed by atoms with Crippen LogP contribution in [0.15, 0.2) is 24.3 Å². The van der Waals surface area contributed by atoms with Crippen molar-refractivity contribution in [2.24, 2.45) is 0 Å². The average Bonchev–Trinajstić information content (AvgIpc) is 2.81. The van der Waals surface area contributed by atoms with E-state index >= 15 is 0 Å². The first-order chi connectivity index (χ1) is 9.34. The van der Waals surface area contributed by atoms with Crippen molar-refractivity contribution in [1.29, 1.82) is 0 Å². The Labute approximate surface area is 112 Å². The van der Waals surface area contributed by atoms with Crippen LogP contribution in [0.2, 0.25) is 0 Å². The van der Waals surface area contributed by atoms with E-state index in [1.54, 1.807) is 6.92 Å². The van der Waals surface area contributed by atoms with E-state index in [2.05, 4.69) is 10.2 Å². The molecule has 0 aliphatic heterocycles. The Morgan fingerprint density at radius 3 is 2.35 bits per heavy atom. The number of hydrogen-bond donors (Lipinski definition) is 2. The number of carboxylic acids is 1. The van der Waals surface area contributed by atoms with Crippen LogP contribution in [0.5, 0.6) is 0 Å². The predicted molar refractivity (Wildman–Crippen MR) is 65.4 cm³/mol. The van der Waals surface area contributed by atoms with Gasteiger partial charge in [0, 0.05) is 11.1 Å². The van der Waals surface area contributed by atoms with Crippen molar-refractivity contribution < 1.29 is 23.1 Å². The van der Waals surface area contributed by atoms with Gasteiger partial charge in [0.2, 0.25) is 0 Å². The number of carboxylic acid groups (broad SMARTS) is 1. The molecule has 0 aliphatic carbocycles. The number of rotatable bonds is 3. The van der Waals surface area contributed by atoms with Crippen LogP contribution in [0.4, 0.5) is 13.2 Å². The van der Waals surface area contributed by atoms with Crippen molar-refractivity contribution >= 4 is 5.97 Å². The normalized spacial score (nSPS) is 11.6. The number of H-pyrrole nitrogens is 1. The molecule has 4 nitrogen and oxygen atoms in total. The molecular weight excluding hydrogens is 273 g/mol. The van der Waals surface area contributed by atoms with Gasteiger partial charge in [-0.3, -0.25) is 5.10 Å². The Morgan fingerprint density at radius 1 is 1.30 bits per heavy atom. The number of aromatic nitrogens is 2. The van der Waals surface area contributed by atoms with Crippen molar-refractivity contribution in [3.8, 4) is 11.3 Å². The molecule has 2 rings (SSSR count). The maximum atomic E-state index is 12.5. The number of benzene rings is 1. The van der Waals surface area contributed by atoms with Gasteiger partial charge < -0.3 is 5.11 Å². The summed E-state index contributed by atoms with van der Waals surface area (Å²) in [4.78, 5) is 11.0. The highest BCUT2D eigenvalue weighted by molar-refractivity contribution is 5.89. The number of halogens is 3. The van der Waals surface area contributed by atoms with Gasteiger partial charge in [0.25, 0.3) is 0 Å². The molecule has 0 saturated heterocycles. The van der Waals surface area contributed by atoms with Crippen LogP contribution in [-0.4, -0.2) is 21.3 Å². The summed E-state index contributed by atoms with van der Waals surface area (Å²) in [5, 5.41) is 15.3. The van der Waals surface area contributed by atoms with E-state index < -0.39 is 17.7 Å². The molecule has 0 fully saturated rings. The maximum Gasteiger partial charge on any atom is 0.416 e. The van der Waals surface area contributed by atoms with Crippen LogP contribution in [0.1, 0.15) is 28.5 Å². The van der Waals surface area contributed by atoms with E-state index in [1.165, 1.54) is 12.1 Å². The summed E-state index contributed by atoms with van der Waals surface area (Å²) < 4.78 is 37.4. The second kappa shape index (κ2) is 4.99. The summed E-state index contributed by atoms with van der Waals surface area (Å²) in [7, 11) is 0. The Kier molecular flexibility index (Phi) is 3.52. The molecular formula is C13H11F3N2O2. The van der Waals surface area contributed by atoms with E-state index in [4.69, 9.17) is 5.11 Å². The van der Waals surface area contributed by atoms with E-state index in [0.717, 1.165) is 12.1 Å². The predicted octanol–water partition coefficient (Wildman–Crippen LogP) is 3.36. The minimum Gasteiger partial charge on any atom is -0.477 e. The molecule has 0 amide bonds. The maximum absolute atomic E-state index is 12.5. The third-order valence-corrected chi connectivity index (χ3v) is 2.92. The van der Waals surface area contributed by atoms with Crippen LogP contribution in [-0.2, 0) is 12.6 Å². The van der Waals surface area contributed by atoms with Gasteiger partial charge in [-0.25, -0.2) is 4.79 Å². The summed E-state index contributed by atoms with van der Waals surface area (Å²) in [6.07, 6.45) is -3.99. The smallest absolute Gasteiger partial charge is 0.416 e. The largest absolute Gasteiger partial charge is 0.477 e. The molecule has 0 saturated carbocycles. The summed E-state index contributed by atoms with van der Waals surface area (Å²) in [5.41, 5.74) is 0.477. The van der Waals surface area contributed by atoms with Crippen LogP contribution in [0, 0.1) is 0 Å². The SMILES string of the molecule is CCc1c(-c2ccc(C(F)(F)F)cc2)n[nH]c1C(=O)O. The highest BCUT2D eigenvalue weighted by Crippen LogP contribution is 2.31. The Balaban J connectivity index is 2.45. The molecule has 1 aromatic heterocycles. The lowest BCUT2D eigenvalue weighted by Gasteiger charge is -2.07. The number of nitrogens with zero attached hydrogens (tertiary/aromatic N) is 1. The molecule has 0 aliphatic rings.